The predicted molar refractivity (Wildman–Crippen MR) is 87.1 cm³/mol. The fourth-order valence-corrected chi connectivity index (χ4v) is 2.72. The molecule has 0 saturated heterocycles. The third-order valence-electron chi connectivity index (χ3n) is 2.94. The number of hydrogen-bond acceptors (Lipinski definition) is 4. The summed E-state index contributed by atoms with van der Waals surface area (Å²) in [5.41, 5.74) is 2.73. The highest BCUT2D eigenvalue weighted by molar-refractivity contribution is 7.16. The van der Waals surface area contributed by atoms with Gasteiger partial charge < -0.3 is 4.90 Å². The van der Waals surface area contributed by atoms with Gasteiger partial charge in [-0.15, -0.1) is 11.3 Å². The maximum absolute atomic E-state index is 4.58. The topological polar surface area (TPSA) is 29.0 Å². The molecule has 0 bridgehead atoms. The van der Waals surface area contributed by atoms with Crippen LogP contribution in [0.1, 0.15) is 10.6 Å². The van der Waals surface area contributed by atoms with E-state index in [1.807, 2.05) is 44.4 Å². The number of fused-ring (bicyclic) bond motifs is 1. The molecule has 0 saturated carbocycles. The van der Waals surface area contributed by atoms with Crippen molar-refractivity contribution in [2.45, 2.75) is 0 Å². The maximum atomic E-state index is 4.58. The minimum atomic E-state index is 0.878. The van der Waals surface area contributed by atoms with Crippen molar-refractivity contribution in [3.05, 3.63) is 53.2 Å². The molecule has 2 aromatic heterocycles. The second kappa shape index (κ2) is 5.43. The van der Waals surface area contributed by atoms with Crippen molar-refractivity contribution in [3.63, 3.8) is 0 Å². The Morgan fingerprint density at radius 1 is 1.00 bits per heavy atom. The summed E-state index contributed by atoms with van der Waals surface area (Å²) in [6.45, 7) is 0. The van der Waals surface area contributed by atoms with E-state index in [0.29, 0.717) is 0 Å². The Morgan fingerprint density at radius 3 is 2.55 bits per heavy atom. The van der Waals surface area contributed by atoms with Crippen LogP contribution in [0.5, 0.6) is 0 Å². The zero-order valence-corrected chi connectivity index (χ0v) is 12.3. The van der Waals surface area contributed by atoms with E-state index in [1.54, 1.807) is 17.5 Å². The predicted octanol–water partition coefficient (Wildman–Crippen LogP) is 3.93. The molecule has 0 aliphatic heterocycles. The van der Waals surface area contributed by atoms with Crippen molar-refractivity contribution in [1.29, 1.82) is 0 Å². The van der Waals surface area contributed by atoms with Crippen LogP contribution in [0, 0.1) is 0 Å². The van der Waals surface area contributed by atoms with Crippen molar-refractivity contribution < 1.29 is 0 Å². The van der Waals surface area contributed by atoms with E-state index in [0.717, 1.165) is 16.7 Å². The molecule has 100 valence electrons. The van der Waals surface area contributed by atoms with Gasteiger partial charge in [0.15, 0.2) is 0 Å². The van der Waals surface area contributed by atoms with Gasteiger partial charge in [-0.1, -0.05) is 12.1 Å². The van der Waals surface area contributed by atoms with E-state index in [-0.39, 0.29) is 0 Å². The summed E-state index contributed by atoms with van der Waals surface area (Å²) < 4.78 is 0. The Morgan fingerprint density at radius 2 is 1.80 bits per heavy atom. The van der Waals surface area contributed by atoms with Gasteiger partial charge in [-0.25, -0.2) is 4.98 Å². The van der Waals surface area contributed by atoms with Crippen LogP contribution in [0.2, 0.25) is 0 Å². The molecule has 0 spiro atoms. The molecule has 0 radical (unpaired) electrons. The van der Waals surface area contributed by atoms with Crippen LogP contribution >= 0.6 is 11.3 Å². The summed E-state index contributed by atoms with van der Waals surface area (Å²) in [4.78, 5) is 12.3. The lowest BCUT2D eigenvalue weighted by molar-refractivity contribution is 1.16. The van der Waals surface area contributed by atoms with E-state index in [9.17, 15) is 0 Å². The standard InChI is InChI=1S/C16H15N3S/c1-19(2)16-10-9-13(20-16)8-7-12-11-17-14-5-3-4-6-15(14)18-12/h3-11H,1-2H3/b8-7+. The van der Waals surface area contributed by atoms with Crippen LogP contribution in [-0.2, 0) is 0 Å². The van der Waals surface area contributed by atoms with E-state index in [4.69, 9.17) is 0 Å². The normalized spacial score (nSPS) is 11.3. The largest absolute Gasteiger partial charge is 0.370 e. The smallest absolute Gasteiger partial charge is 0.0909 e. The molecule has 2 heterocycles. The number of aromatic nitrogens is 2. The van der Waals surface area contributed by atoms with Gasteiger partial charge in [-0.3, -0.25) is 4.98 Å². The molecule has 0 fully saturated rings. The zero-order valence-electron chi connectivity index (χ0n) is 11.4. The first-order chi connectivity index (χ1) is 9.72. The van der Waals surface area contributed by atoms with Crippen LogP contribution in [0.3, 0.4) is 0 Å². The molecule has 0 N–H and O–H groups in total. The first-order valence-electron chi connectivity index (χ1n) is 6.39. The number of para-hydroxylation sites is 2. The zero-order chi connectivity index (χ0) is 13.9. The summed E-state index contributed by atoms with van der Waals surface area (Å²) in [5, 5.41) is 1.24. The van der Waals surface area contributed by atoms with E-state index in [2.05, 4.69) is 33.1 Å². The van der Waals surface area contributed by atoms with Gasteiger partial charge in [0.05, 0.1) is 27.9 Å². The SMILES string of the molecule is CN(C)c1ccc(/C=C/c2cnc3ccccc3n2)s1. The highest BCUT2D eigenvalue weighted by Crippen LogP contribution is 2.25. The summed E-state index contributed by atoms with van der Waals surface area (Å²) in [6, 6.07) is 12.1. The number of benzene rings is 1. The van der Waals surface area contributed by atoms with Gasteiger partial charge >= 0.3 is 0 Å². The van der Waals surface area contributed by atoms with Crippen molar-refractivity contribution in [3.8, 4) is 0 Å². The van der Waals surface area contributed by atoms with Gasteiger partial charge in [0.2, 0.25) is 0 Å². The fraction of sp³-hybridized carbons (Fsp3) is 0.125. The second-order valence-corrected chi connectivity index (χ2v) is 5.78. The number of rotatable bonds is 3. The number of nitrogens with zero attached hydrogens (tertiary/aromatic N) is 3. The minimum absolute atomic E-state index is 0.878. The first-order valence-corrected chi connectivity index (χ1v) is 7.21. The number of thiophene rings is 1. The molecule has 0 aliphatic carbocycles. The number of hydrogen-bond donors (Lipinski definition) is 0. The molecule has 3 rings (SSSR count). The maximum Gasteiger partial charge on any atom is 0.0909 e. The summed E-state index contributed by atoms with van der Waals surface area (Å²) in [7, 11) is 4.10. The van der Waals surface area contributed by atoms with Crippen LogP contribution in [0.25, 0.3) is 23.2 Å². The van der Waals surface area contributed by atoms with Gasteiger partial charge in [0.1, 0.15) is 0 Å². The molecule has 0 unspecified atom stereocenters. The molecular formula is C16H15N3S. The Bertz CT molecular complexity index is 759. The average molecular weight is 281 g/mol. The van der Waals surface area contributed by atoms with E-state index in [1.165, 1.54) is 9.88 Å². The highest BCUT2D eigenvalue weighted by atomic mass is 32.1. The molecule has 0 aliphatic rings. The highest BCUT2D eigenvalue weighted by Gasteiger charge is 1.99. The fourth-order valence-electron chi connectivity index (χ4n) is 1.89. The molecule has 1 aromatic carbocycles. The summed E-state index contributed by atoms with van der Waals surface area (Å²) >= 11 is 1.75. The molecule has 3 aromatic rings. The summed E-state index contributed by atoms with van der Waals surface area (Å²) in [6.07, 6.45) is 5.89. The van der Waals surface area contributed by atoms with Crippen molar-refractivity contribution in [1.82, 2.24) is 9.97 Å². The van der Waals surface area contributed by atoms with Crippen LogP contribution in [0.15, 0.2) is 42.6 Å². The van der Waals surface area contributed by atoms with Gasteiger partial charge in [0, 0.05) is 19.0 Å². The molecular weight excluding hydrogens is 266 g/mol. The van der Waals surface area contributed by atoms with Crippen LogP contribution in [-0.4, -0.2) is 24.1 Å². The Balaban J connectivity index is 1.86. The van der Waals surface area contributed by atoms with Crippen LogP contribution in [0.4, 0.5) is 5.00 Å². The van der Waals surface area contributed by atoms with Crippen molar-refractivity contribution >= 4 is 39.5 Å². The Hall–Kier alpha value is -2.20. The average Bonchev–Trinajstić information content (AvgIpc) is 2.94. The Kier molecular flexibility index (Phi) is 3.48. The second-order valence-electron chi connectivity index (χ2n) is 4.69. The monoisotopic (exact) mass is 281 g/mol. The summed E-state index contributed by atoms with van der Waals surface area (Å²) in [5.74, 6) is 0. The van der Waals surface area contributed by atoms with Crippen molar-refractivity contribution in [2.24, 2.45) is 0 Å². The molecule has 4 heteroatoms. The van der Waals surface area contributed by atoms with Gasteiger partial charge in [0.25, 0.3) is 0 Å². The third-order valence-corrected chi connectivity index (χ3v) is 4.16. The quantitative estimate of drug-likeness (QED) is 0.728. The third kappa shape index (κ3) is 2.70. The Labute approximate surface area is 122 Å². The van der Waals surface area contributed by atoms with Gasteiger partial charge in [-0.05, 0) is 36.4 Å². The molecule has 20 heavy (non-hydrogen) atoms. The van der Waals surface area contributed by atoms with E-state index >= 15 is 0 Å². The first kappa shape index (κ1) is 12.8. The van der Waals surface area contributed by atoms with E-state index < -0.39 is 0 Å². The lowest BCUT2D eigenvalue weighted by Gasteiger charge is -2.06. The lowest BCUT2D eigenvalue weighted by Crippen LogP contribution is -2.05. The van der Waals surface area contributed by atoms with Gasteiger partial charge in [-0.2, -0.15) is 0 Å². The van der Waals surface area contributed by atoms with Crippen molar-refractivity contribution in [2.75, 3.05) is 19.0 Å². The molecule has 0 amide bonds. The lowest BCUT2D eigenvalue weighted by atomic mass is 10.3. The molecule has 3 nitrogen and oxygen atoms in total. The number of anilines is 1. The molecule has 0 atom stereocenters. The minimum Gasteiger partial charge on any atom is -0.370 e. The van der Waals surface area contributed by atoms with Crippen LogP contribution < -0.4 is 4.90 Å².